The van der Waals surface area contributed by atoms with Gasteiger partial charge in [-0.15, -0.1) is 11.3 Å². The molecule has 25 heavy (non-hydrogen) atoms. The van der Waals surface area contributed by atoms with Crippen LogP contribution < -0.4 is 0 Å². The lowest BCUT2D eigenvalue weighted by Gasteiger charge is -2.38. The van der Waals surface area contributed by atoms with E-state index in [4.69, 9.17) is 0 Å². The molecule has 0 radical (unpaired) electrons. The van der Waals surface area contributed by atoms with E-state index in [-0.39, 0.29) is 12.5 Å². The molecule has 2 heterocycles. The van der Waals surface area contributed by atoms with Crippen LogP contribution in [0.5, 0.6) is 0 Å². The van der Waals surface area contributed by atoms with E-state index in [0.29, 0.717) is 12.8 Å². The molecular weight excluding hydrogens is 355 g/mol. The van der Waals surface area contributed by atoms with E-state index >= 15 is 0 Å². The minimum Gasteiger partial charge on any atom is -0.481 e. The molecule has 3 rings (SSSR count). The molecule has 0 bridgehead atoms. The molecule has 1 aliphatic heterocycles. The van der Waals surface area contributed by atoms with Crippen molar-refractivity contribution in [1.29, 1.82) is 0 Å². The number of carbonyl (C=O) groups is 2. The molecule has 1 saturated carbocycles. The molecule has 0 aromatic carbocycles. The first kappa shape index (κ1) is 18.2. The molecule has 1 aromatic heterocycles. The van der Waals surface area contributed by atoms with Crippen LogP contribution in [-0.2, 0) is 15.0 Å². The van der Waals surface area contributed by atoms with Gasteiger partial charge < -0.3 is 10.0 Å². The summed E-state index contributed by atoms with van der Waals surface area (Å²) < 4.78 is 40.2. The van der Waals surface area contributed by atoms with Crippen molar-refractivity contribution in [2.24, 2.45) is 5.41 Å². The summed E-state index contributed by atoms with van der Waals surface area (Å²) in [4.78, 5) is 26.6. The van der Waals surface area contributed by atoms with Crippen LogP contribution in [-0.4, -0.2) is 41.1 Å². The summed E-state index contributed by atoms with van der Waals surface area (Å²) in [5.41, 5.74) is -3.65. The van der Waals surface area contributed by atoms with Gasteiger partial charge >= 0.3 is 12.1 Å². The van der Waals surface area contributed by atoms with E-state index in [1.807, 2.05) is 17.5 Å². The second-order valence-electron chi connectivity index (χ2n) is 6.98. The number of hydrogen-bond acceptors (Lipinski definition) is 3. The Morgan fingerprint density at radius 2 is 1.84 bits per heavy atom. The second-order valence-corrected chi connectivity index (χ2v) is 7.93. The zero-order valence-corrected chi connectivity index (χ0v) is 14.5. The number of rotatable bonds is 3. The number of carbonyl (C=O) groups excluding carboxylic acids is 1. The van der Waals surface area contributed by atoms with Crippen LogP contribution in [0.4, 0.5) is 13.2 Å². The monoisotopic (exact) mass is 375 g/mol. The number of likely N-dealkylation sites (tertiary alicyclic amines) is 1. The topological polar surface area (TPSA) is 57.6 Å². The van der Waals surface area contributed by atoms with Crippen LogP contribution in [0, 0.1) is 5.41 Å². The number of nitrogens with zero attached hydrogens (tertiary/aromatic N) is 1. The number of thiophene rings is 1. The Morgan fingerprint density at radius 1 is 1.16 bits per heavy atom. The molecular formula is C17H20F3NO3S. The van der Waals surface area contributed by atoms with Crippen LogP contribution in [0.25, 0.3) is 0 Å². The number of aliphatic carboxylic acids is 1. The average molecular weight is 375 g/mol. The van der Waals surface area contributed by atoms with Crippen LogP contribution >= 0.6 is 11.3 Å². The number of carboxylic acids is 1. The molecule has 2 fully saturated rings. The van der Waals surface area contributed by atoms with Gasteiger partial charge in [0.25, 0.3) is 0 Å². The van der Waals surface area contributed by atoms with E-state index in [0.717, 1.165) is 29.0 Å². The van der Waals surface area contributed by atoms with Crippen LogP contribution in [0.1, 0.15) is 43.4 Å². The lowest BCUT2D eigenvalue weighted by atomic mass is 9.72. The van der Waals surface area contributed by atoms with Crippen molar-refractivity contribution in [2.75, 3.05) is 13.1 Å². The summed E-state index contributed by atoms with van der Waals surface area (Å²) in [5, 5.41) is 11.1. The van der Waals surface area contributed by atoms with Crippen molar-refractivity contribution in [1.82, 2.24) is 4.90 Å². The average Bonchev–Trinajstić information content (AvgIpc) is 3.24. The van der Waals surface area contributed by atoms with Gasteiger partial charge in [0.2, 0.25) is 5.91 Å². The lowest BCUT2D eigenvalue weighted by Crippen LogP contribution is -2.51. The summed E-state index contributed by atoms with van der Waals surface area (Å²) in [6.45, 7) is -0.963. The van der Waals surface area contributed by atoms with E-state index in [2.05, 4.69) is 0 Å². The summed E-state index contributed by atoms with van der Waals surface area (Å²) in [5.74, 6) is -2.24. The Morgan fingerprint density at radius 3 is 2.32 bits per heavy atom. The molecule has 1 unspecified atom stereocenters. The molecule has 1 aromatic rings. The van der Waals surface area contributed by atoms with Crippen molar-refractivity contribution in [2.45, 2.75) is 50.1 Å². The Kier molecular flexibility index (Phi) is 4.59. The highest BCUT2D eigenvalue weighted by atomic mass is 32.1. The van der Waals surface area contributed by atoms with Crippen molar-refractivity contribution in [3.8, 4) is 0 Å². The maximum Gasteiger partial charge on any atom is 0.406 e. The standard InChI is InChI=1S/C17H20F3NO3S/c18-17(19,20)16(14(23)24)8-9-21(11-16)13(22)15(6-2-1-3-7-15)12-5-4-10-25-12/h4-5,10H,1-3,6-9,11H2,(H,23,24). The summed E-state index contributed by atoms with van der Waals surface area (Å²) in [6, 6.07) is 3.70. The Hall–Kier alpha value is -1.57. The van der Waals surface area contributed by atoms with Crippen LogP contribution in [0.15, 0.2) is 17.5 Å². The highest BCUT2D eigenvalue weighted by Crippen LogP contribution is 2.49. The van der Waals surface area contributed by atoms with Crippen molar-refractivity contribution in [3.05, 3.63) is 22.4 Å². The van der Waals surface area contributed by atoms with Gasteiger partial charge in [0.15, 0.2) is 5.41 Å². The van der Waals surface area contributed by atoms with Gasteiger partial charge in [-0.25, -0.2) is 0 Å². The smallest absolute Gasteiger partial charge is 0.406 e. The van der Waals surface area contributed by atoms with Gasteiger partial charge in [0.1, 0.15) is 0 Å². The van der Waals surface area contributed by atoms with E-state index in [1.165, 1.54) is 11.3 Å². The number of alkyl halides is 3. The zero-order chi connectivity index (χ0) is 18.3. The molecule has 1 atom stereocenters. The fourth-order valence-electron chi connectivity index (χ4n) is 4.08. The van der Waals surface area contributed by atoms with Crippen LogP contribution in [0.3, 0.4) is 0 Å². The van der Waals surface area contributed by atoms with Crippen molar-refractivity contribution < 1.29 is 27.9 Å². The minimum absolute atomic E-state index is 0.169. The third-order valence-electron chi connectivity index (χ3n) is 5.62. The predicted octanol–water partition coefficient (Wildman–Crippen LogP) is 3.82. The molecule has 4 nitrogen and oxygen atoms in total. The maximum atomic E-state index is 13.4. The number of carboxylic acid groups (broad SMARTS) is 1. The summed E-state index contributed by atoms with van der Waals surface area (Å²) >= 11 is 1.44. The van der Waals surface area contributed by atoms with Gasteiger partial charge in [-0.1, -0.05) is 25.3 Å². The largest absolute Gasteiger partial charge is 0.481 e. The van der Waals surface area contributed by atoms with E-state index in [1.54, 1.807) is 0 Å². The van der Waals surface area contributed by atoms with Crippen molar-refractivity contribution >= 4 is 23.2 Å². The maximum absolute atomic E-state index is 13.4. The number of hydrogen-bond donors (Lipinski definition) is 1. The van der Waals surface area contributed by atoms with E-state index in [9.17, 15) is 27.9 Å². The summed E-state index contributed by atoms with van der Waals surface area (Å²) in [7, 11) is 0. The first-order chi connectivity index (χ1) is 11.7. The minimum atomic E-state index is -4.88. The van der Waals surface area contributed by atoms with Gasteiger partial charge in [0, 0.05) is 18.0 Å². The van der Waals surface area contributed by atoms with Crippen molar-refractivity contribution in [3.63, 3.8) is 0 Å². The molecule has 2 aliphatic rings. The Balaban J connectivity index is 1.91. The second kappa shape index (κ2) is 6.30. The fraction of sp³-hybridized carbons (Fsp3) is 0.647. The molecule has 1 aliphatic carbocycles. The van der Waals surface area contributed by atoms with Gasteiger partial charge in [-0.05, 0) is 30.7 Å². The predicted molar refractivity (Wildman–Crippen MR) is 86.4 cm³/mol. The van der Waals surface area contributed by atoms with Gasteiger partial charge in [0.05, 0.1) is 5.41 Å². The first-order valence-electron chi connectivity index (χ1n) is 8.36. The summed E-state index contributed by atoms with van der Waals surface area (Å²) in [6.07, 6.45) is -1.55. The fourth-order valence-corrected chi connectivity index (χ4v) is 5.06. The molecule has 1 saturated heterocycles. The highest BCUT2D eigenvalue weighted by molar-refractivity contribution is 7.10. The third kappa shape index (κ3) is 2.84. The zero-order valence-electron chi connectivity index (χ0n) is 13.6. The lowest BCUT2D eigenvalue weighted by molar-refractivity contribution is -0.227. The van der Waals surface area contributed by atoms with Gasteiger partial charge in [-0.2, -0.15) is 13.2 Å². The molecule has 1 N–H and O–H groups in total. The third-order valence-corrected chi connectivity index (χ3v) is 6.69. The normalized spacial score (nSPS) is 26.6. The molecule has 1 amide bonds. The molecule has 138 valence electrons. The van der Waals surface area contributed by atoms with E-state index < -0.39 is 35.9 Å². The highest BCUT2D eigenvalue weighted by Gasteiger charge is 2.65. The quantitative estimate of drug-likeness (QED) is 0.874. The number of halogens is 3. The molecule has 0 spiro atoms. The Labute approximate surface area is 147 Å². The van der Waals surface area contributed by atoms with Gasteiger partial charge in [-0.3, -0.25) is 9.59 Å². The molecule has 8 heteroatoms. The number of amides is 1. The first-order valence-corrected chi connectivity index (χ1v) is 9.24. The Bertz CT molecular complexity index is 653. The SMILES string of the molecule is O=C(N1CCC(C(=O)O)(C(F)(F)F)C1)C1(c2cccs2)CCCCC1. The van der Waals surface area contributed by atoms with Crippen LogP contribution in [0.2, 0.25) is 0 Å².